The topological polar surface area (TPSA) is 71.0 Å². The molecular formula is C22H35N3O3S2. The highest BCUT2D eigenvalue weighted by atomic mass is 32.3. The zero-order chi connectivity index (χ0) is 21.5. The third kappa shape index (κ3) is 4.23. The van der Waals surface area contributed by atoms with Crippen molar-refractivity contribution in [2.75, 3.05) is 43.1 Å². The highest BCUT2D eigenvalue weighted by molar-refractivity contribution is 8.33. The number of piperidine rings is 1. The molecule has 168 valence electrons. The van der Waals surface area contributed by atoms with Crippen molar-refractivity contribution in [2.45, 2.75) is 54.5 Å². The Labute approximate surface area is 182 Å². The van der Waals surface area contributed by atoms with Crippen molar-refractivity contribution in [3.63, 3.8) is 0 Å². The van der Waals surface area contributed by atoms with Crippen molar-refractivity contribution in [2.24, 2.45) is 11.1 Å². The van der Waals surface area contributed by atoms with E-state index < -0.39 is 19.9 Å². The van der Waals surface area contributed by atoms with E-state index in [0.29, 0.717) is 16.1 Å². The van der Waals surface area contributed by atoms with Crippen LogP contribution in [0.3, 0.4) is 0 Å². The summed E-state index contributed by atoms with van der Waals surface area (Å²) in [4.78, 5) is 8.10. The van der Waals surface area contributed by atoms with E-state index in [4.69, 9.17) is 4.84 Å². The van der Waals surface area contributed by atoms with Crippen molar-refractivity contribution in [3.8, 4) is 0 Å². The molecule has 8 heteroatoms. The van der Waals surface area contributed by atoms with Crippen molar-refractivity contribution >= 4 is 31.3 Å². The summed E-state index contributed by atoms with van der Waals surface area (Å²) in [7, 11) is -2.20. The van der Waals surface area contributed by atoms with E-state index in [2.05, 4.69) is 27.9 Å². The molecule has 4 rings (SSSR count). The number of nitrogens with zero attached hydrogens (tertiary/aromatic N) is 2. The number of sulfone groups is 1. The Morgan fingerprint density at radius 2 is 1.90 bits per heavy atom. The standard InChI is InChI=1S/C22H35N3O3S2/c1-28-24-21(20-6-5-15-29(20,2)3)19-12-7-16-13-14-25(22(16)23-19)17-8-10-18(11-9-17)30(4,26)27/h8-11,16,19-20,22-23H,5-7,12-15H2,1-4H3/b24-21+. The van der Waals surface area contributed by atoms with Crippen molar-refractivity contribution in [3.05, 3.63) is 24.3 Å². The number of benzene rings is 1. The lowest BCUT2D eigenvalue weighted by Crippen LogP contribution is -2.57. The first kappa shape index (κ1) is 22.0. The van der Waals surface area contributed by atoms with Gasteiger partial charge in [-0.15, -0.1) is 0 Å². The molecule has 1 aromatic rings. The van der Waals surface area contributed by atoms with Gasteiger partial charge in [0.15, 0.2) is 9.84 Å². The quantitative estimate of drug-likeness (QED) is 0.548. The normalized spacial score (nSPS) is 32.7. The second-order valence-corrected chi connectivity index (χ2v) is 15.6. The van der Waals surface area contributed by atoms with Crippen LogP contribution in [-0.2, 0) is 14.7 Å². The summed E-state index contributed by atoms with van der Waals surface area (Å²) in [5, 5.41) is 9.02. The van der Waals surface area contributed by atoms with Gasteiger partial charge in [-0.3, -0.25) is 5.32 Å². The number of hydrogen-bond donors (Lipinski definition) is 1. The molecule has 3 saturated heterocycles. The van der Waals surface area contributed by atoms with Crippen LogP contribution in [0.15, 0.2) is 34.3 Å². The van der Waals surface area contributed by atoms with Gasteiger partial charge in [-0.1, -0.05) is 5.16 Å². The average Bonchev–Trinajstić information content (AvgIpc) is 3.27. The van der Waals surface area contributed by atoms with Crippen LogP contribution in [0.4, 0.5) is 5.69 Å². The smallest absolute Gasteiger partial charge is 0.175 e. The zero-order valence-corrected chi connectivity index (χ0v) is 20.1. The van der Waals surface area contributed by atoms with Gasteiger partial charge in [0, 0.05) is 23.7 Å². The van der Waals surface area contributed by atoms with E-state index in [-0.39, 0.29) is 12.2 Å². The molecule has 0 aromatic heterocycles. The van der Waals surface area contributed by atoms with E-state index in [1.807, 2.05) is 12.1 Å². The van der Waals surface area contributed by atoms with Crippen LogP contribution in [0.5, 0.6) is 0 Å². The fourth-order valence-electron chi connectivity index (χ4n) is 5.49. The molecule has 3 heterocycles. The minimum atomic E-state index is -3.17. The van der Waals surface area contributed by atoms with Gasteiger partial charge in [0.2, 0.25) is 0 Å². The number of nitrogens with one attached hydrogen (secondary N) is 1. The number of anilines is 1. The maximum Gasteiger partial charge on any atom is 0.175 e. The highest BCUT2D eigenvalue weighted by Gasteiger charge is 2.44. The first-order valence-electron chi connectivity index (χ1n) is 10.8. The first-order valence-corrected chi connectivity index (χ1v) is 15.4. The molecule has 0 spiro atoms. The molecule has 1 N–H and O–H groups in total. The van der Waals surface area contributed by atoms with Crippen LogP contribution in [0.25, 0.3) is 0 Å². The second kappa shape index (κ2) is 8.36. The van der Waals surface area contributed by atoms with E-state index >= 15 is 0 Å². The summed E-state index contributed by atoms with van der Waals surface area (Å²) < 4.78 is 23.6. The maximum absolute atomic E-state index is 11.8. The molecule has 1 aromatic carbocycles. The van der Waals surface area contributed by atoms with Crippen LogP contribution in [0.1, 0.15) is 32.1 Å². The average molecular weight is 454 g/mol. The predicted octanol–water partition coefficient (Wildman–Crippen LogP) is 3.22. The lowest BCUT2D eigenvalue weighted by molar-refractivity contribution is 0.207. The van der Waals surface area contributed by atoms with Gasteiger partial charge >= 0.3 is 0 Å². The van der Waals surface area contributed by atoms with E-state index in [1.54, 1.807) is 19.2 Å². The summed E-state index contributed by atoms with van der Waals surface area (Å²) in [6, 6.07) is 7.58. The van der Waals surface area contributed by atoms with Gasteiger partial charge in [-0.25, -0.2) is 18.4 Å². The Bertz CT molecular complexity index is 899. The minimum Gasteiger partial charge on any atom is -0.399 e. The molecule has 0 saturated carbocycles. The molecule has 4 unspecified atom stereocenters. The molecule has 0 aliphatic carbocycles. The summed E-state index contributed by atoms with van der Waals surface area (Å²) in [5.74, 6) is 1.93. The fourth-order valence-corrected chi connectivity index (χ4v) is 8.98. The van der Waals surface area contributed by atoms with Crippen LogP contribution in [0.2, 0.25) is 0 Å². The summed E-state index contributed by atoms with van der Waals surface area (Å²) in [6.07, 6.45) is 12.3. The molecule has 3 aliphatic rings. The Balaban J connectivity index is 1.55. The molecule has 0 radical (unpaired) electrons. The number of hydrogen-bond acceptors (Lipinski definition) is 6. The Morgan fingerprint density at radius 1 is 1.17 bits per heavy atom. The molecule has 3 aliphatic heterocycles. The van der Waals surface area contributed by atoms with Gasteiger partial charge in [0.1, 0.15) is 7.11 Å². The molecule has 4 atom stereocenters. The number of rotatable bonds is 5. The van der Waals surface area contributed by atoms with Gasteiger partial charge < -0.3 is 9.74 Å². The third-order valence-corrected chi connectivity index (χ3v) is 11.6. The SMILES string of the molecule is CO/N=C(\C1CCC2CCN(c3ccc(S(C)(=O)=O)cc3)C2N1)C1CCCS1(C)C. The third-order valence-electron chi connectivity index (χ3n) is 7.11. The van der Waals surface area contributed by atoms with E-state index in [1.165, 1.54) is 37.0 Å². The lowest BCUT2D eigenvalue weighted by atomic mass is 9.88. The van der Waals surface area contributed by atoms with Crippen molar-refractivity contribution in [1.29, 1.82) is 0 Å². The van der Waals surface area contributed by atoms with Crippen LogP contribution in [0, 0.1) is 5.92 Å². The van der Waals surface area contributed by atoms with Crippen LogP contribution in [-0.4, -0.2) is 69.8 Å². The first-order chi connectivity index (χ1) is 14.2. The maximum atomic E-state index is 11.8. The van der Waals surface area contributed by atoms with Gasteiger partial charge in [-0.2, -0.15) is 0 Å². The van der Waals surface area contributed by atoms with Gasteiger partial charge in [-0.05, 0) is 80.6 Å². The molecule has 0 amide bonds. The minimum absolute atomic E-state index is 0.247. The summed E-state index contributed by atoms with van der Waals surface area (Å²) in [6.45, 7) is 0.990. The van der Waals surface area contributed by atoms with Crippen molar-refractivity contribution < 1.29 is 13.3 Å². The summed E-state index contributed by atoms with van der Waals surface area (Å²) >= 11 is 0. The fraction of sp³-hybridized carbons (Fsp3) is 0.682. The van der Waals surface area contributed by atoms with Crippen molar-refractivity contribution in [1.82, 2.24) is 5.32 Å². The second-order valence-electron chi connectivity index (χ2n) is 9.41. The number of oxime groups is 1. The largest absolute Gasteiger partial charge is 0.399 e. The molecule has 3 fully saturated rings. The Morgan fingerprint density at radius 3 is 2.50 bits per heavy atom. The molecule has 0 bridgehead atoms. The van der Waals surface area contributed by atoms with Gasteiger partial charge in [0.05, 0.1) is 22.8 Å². The number of fused-ring (bicyclic) bond motifs is 1. The summed E-state index contributed by atoms with van der Waals surface area (Å²) in [5.41, 5.74) is 2.30. The lowest BCUT2D eigenvalue weighted by Gasteiger charge is -2.42. The monoisotopic (exact) mass is 453 g/mol. The Kier molecular flexibility index (Phi) is 6.12. The van der Waals surface area contributed by atoms with E-state index in [0.717, 1.165) is 25.1 Å². The van der Waals surface area contributed by atoms with Crippen LogP contribution < -0.4 is 10.2 Å². The molecule has 6 nitrogen and oxygen atoms in total. The highest BCUT2D eigenvalue weighted by Crippen LogP contribution is 2.54. The predicted molar refractivity (Wildman–Crippen MR) is 127 cm³/mol. The zero-order valence-electron chi connectivity index (χ0n) is 18.5. The molecular weight excluding hydrogens is 418 g/mol. The van der Waals surface area contributed by atoms with Crippen LogP contribution >= 0.6 is 10.0 Å². The van der Waals surface area contributed by atoms with E-state index in [9.17, 15) is 8.42 Å². The Hall–Kier alpha value is -1.25. The molecule has 30 heavy (non-hydrogen) atoms. The van der Waals surface area contributed by atoms with Gasteiger partial charge in [0.25, 0.3) is 0 Å².